The van der Waals surface area contributed by atoms with Gasteiger partial charge in [-0.15, -0.1) is 0 Å². The number of aliphatic hydroxyl groups is 2. The molecule has 5 heteroatoms. The highest BCUT2D eigenvalue weighted by Gasteiger charge is 2.55. The van der Waals surface area contributed by atoms with E-state index in [0.717, 1.165) is 0 Å². The molecule has 114 valence electrons. The maximum atomic E-state index is 13.1. The fraction of sp³-hybridized carbons (Fsp3) is 0.562. The fourth-order valence-corrected chi connectivity index (χ4v) is 3.51. The molecule has 0 radical (unpaired) electrons. The third-order valence-corrected chi connectivity index (χ3v) is 5.07. The Labute approximate surface area is 123 Å². The lowest BCUT2D eigenvalue weighted by Gasteiger charge is -2.55. The molecule has 1 aromatic carbocycles. The smallest absolute Gasteiger partial charge is 0.226 e. The molecule has 0 unspecified atom stereocenters. The van der Waals surface area contributed by atoms with E-state index in [1.807, 2.05) is 0 Å². The molecule has 4 nitrogen and oxygen atoms in total. The summed E-state index contributed by atoms with van der Waals surface area (Å²) in [6, 6.07) is 6.08. The van der Waals surface area contributed by atoms with Crippen molar-refractivity contribution in [1.82, 2.24) is 4.90 Å². The summed E-state index contributed by atoms with van der Waals surface area (Å²) in [5.41, 5.74) is 0.263. The molecule has 1 aliphatic heterocycles. The number of rotatable bonds is 2. The number of likely N-dealkylation sites (tertiary alicyclic amines) is 1. The second-order valence-electron chi connectivity index (χ2n) is 6.19. The minimum atomic E-state index is -0.451. The monoisotopic (exact) mass is 293 g/mol. The molecule has 21 heavy (non-hydrogen) atoms. The van der Waals surface area contributed by atoms with Crippen molar-refractivity contribution in [2.45, 2.75) is 37.9 Å². The first kappa shape index (κ1) is 14.5. The number of hydrogen-bond acceptors (Lipinski definition) is 3. The normalized spacial score (nSPS) is 27.5. The van der Waals surface area contributed by atoms with Crippen molar-refractivity contribution in [2.75, 3.05) is 13.1 Å². The molecule has 1 aromatic rings. The Morgan fingerprint density at radius 3 is 2.52 bits per heavy atom. The average molecular weight is 293 g/mol. The molecular formula is C16H20FNO3. The first-order chi connectivity index (χ1) is 10.0. The van der Waals surface area contributed by atoms with Gasteiger partial charge in [0.25, 0.3) is 0 Å². The summed E-state index contributed by atoms with van der Waals surface area (Å²) < 4.78 is 13.1. The van der Waals surface area contributed by atoms with Crippen molar-refractivity contribution in [3.05, 3.63) is 35.6 Å². The Morgan fingerprint density at radius 1 is 1.29 bits per heavy atom. The average Bonchev–Trinajstić information content (AvgIpc) is 2.47. The van der Waals surface area contributed by atoms with Crippen molar-refractivity contribution >= 4 is 5.91 Å². The zero-order chi connectivity index (χ0) is 15.0. The van der Waals surface area contributed by atoms with Crippen LogP contribution in [0, 0.1) is 11.2 Å². The van der Waals surface area contributed by atoms with Gasteiger partial charge in [0, 0.05) is 24.9 Å². The van der Waals surface area contributed by atoms with Gasteiger partial charge < -0.3 is 15.1 Å². The van der Waals surface area contributed by atoms with E-state index in [1.54, 1.807) is 17.0 Å². The van der Waals surface area contributed by atoms with Crippen LogP contribution >= 0.6 is 0 Å². The zero-order valence-corrected chi connectivity index (χ0v) is 11.8. The summed E-state index contributed by atoms with van der Waals surface area (Å²) in [6.07, 6.45) is 0.989. The molecule has 0 bridgehead atoms. The van der Waals surface area contributed by atoms with Crippen LogP contribution in [-0.2, 0) is 11.2 Å². The maximum Gasteiger partial charge on any atom is 0.226 e. The zero-order valence-electron chi connectivity index (χ0n) is 11.8. The molecule has 1 saturated heterocycles. The summed E-state index contributed by atoms with van der Waals surface area (Å²) in [7, 11) is 0. The molecule has 2 fully saturated rings. The van der Waals surface area contributed by atoms with Crippen molar-refractivity contribution in [2.24, 2.45) is 5.41 Å². The molecule has 2 N–H and O–H groups in total. The number of carbonyl (C=O) groups is 1. The van der Waals surface area contributed by atoms with E-state index in [4.69, 9.17) is 0 Å². The van der Waals surface area contributed by atoms with Crippen LogP contribution in [0.25, 0.3) is 0 Å². The lowest BCUT2D eigenvalue weighted by atomic mass is 9.58. The lowest BCUT2D eigenvalue weighted by Crippen LogP contribution is -2.61. The number of piperidine rings is 1. The Kier molecular flexibility index (Phi) is 3.71. The van der Waals surface area contributed by atoms with E-state index < -0.39 is 17.6 Å². The Morgan fingerprint density at radius 2 is 1.95 bits per heavy atom. The van der Waals surface area contributed by atoms with Crippen molar-refractivity contribution in [3.63, 3.8) is 0 Å². The molecule has 3 rings (SSSR count). The molecule has 1 amide bonds. The van der Waals surface area contributed by atoms with Gasteiger partial charge in [0.1, 0.15) is 5.82 Å². The van der Waals surface area contributed by atoms with Gasteiger partial charge in [-0.2, -0.15) is 0 Å². The number of nitrogens with zero attached hydrogens (tertiary/aromatic N) is 1. The number of halogens is 1. The first-order valence-corrected chi connectivity index (χ1v) is 7.39. The van der Waals surface area contributed by atoms with Crippen LogP contribution in [0.15, 0.2) is 24.3 Å². The molecule has 2 atom stereocenters. The third-order valence-electron chi connectivity index (χ3n) is 5.07. The maximum absolute atomic E-state index is 13.1. The molecule has 0 aromatic heterocycles. The Bertz CT molecular complexity index is 530. The number of benzene rings is 1. The largest absolute Gasteiger partial charge is 0.392 e. The summed E-state index contributed by atoms with van der Waals surface area (Å²) in [4.78, 5) is 14.0. The highest BCUT2D eigenvalue weighted by Crippen LogP contribution is 2.49. The van der Waals surface area contributed by atoms with E-state index in [2.05, 4.69) is 0 Å². The van der Waals surface area contributed by atoms with Gasteiger partial charge in [-0.25, -0.2) is 4.39 Å². The van der Waals surface area contributed by atoms with Crippen LogP contribution in [-0.4, -0.2) is 46.3 Å². The minimum Gasteiger partial charge on any atom is -0.392 e. The highest BCUT2D eigenvalue weighted by molar-refractivity contribution is 5.78. The number of aliphatic hydroxyl groups excluding tert-OH is 2. The Balaban J connectivity index is 1.58. The molecular weight excluding hydrogens is 273 g/mol. The topological polar surface area (TPSA) is 60.8 Å². The lowest BCUT2D eigenvalue weighted by molar-refractivity contribution is -0.191. The van der Waals surface area contributed by atoms with Gasteiger partial charge in [0.15, 0.2) is 0 Å². The van der Waals surface area contributed by atoms with E-state index in [1.165, 1.54) is 12.1 Å². The number of carbonyl (C=O) groups excluding carboxylic acids is 1. The number of amides is 1. The van der Waals surface area contributed by atoms with Crippen LogP contribution < -0.4 is 0 Å². The quantitative estimate of drug-likeness (QED) is 0.858. The number of hydrogen-bond donors (Lipinski definition) is 2. The second kappa shape index (κ2) is 5.39. The minimum absolute atomic E-state index is 0.0289. The molecule has 1 aliphatic carbocycles. The van der Waals surface area contributed by atoms with Crippen LogP contribution in [0.2, 0.25) is 0 Å². The van der Waals surface area contributed by atoms with Crippen LogP contribution in [0.1, 0.15) is 24.8 Å². The van der Waals surface area contributed by atoms with Gasteiger partial charge in [-0.3, -0.25) is 4.79 Å². The van der Waals surface area contributed by atoms with E-state index in [-0.39, 0.29) is 18.1 Å². The van der Waals surface area contributed by atoms with Gasteiger partial charge in [-0.05, 0) is 30.5 Å². The van der Waals surface area contributed by atoms with Gasteiger partial charge in [0.2, 0.25) is 5.91 Å². The van der Waals surface area contributed by atoms with Gasteiger partial charge >= 0.3 is 0 Å². The molecule has 1 saturated carbocycles. The third kappa shape index (κ3) is 2.56. The van der Waals surface area contributed by atoms with Crippen molar-refractivity contribution in [3.8, 4) is 0 Å². The van der Waals surface area contributed by atoms with E-state index >= 15 is 0 Å². The highest BCUT2D eigenvalue weighted by atomic mass is 19.1. The van der Waals surface area contributed by atoms with E-state index in [9.17, 15) is 19.4 Å². The summed E-state index contributed by atoms with van der Waals surface area (Å²) in [6.45, 7) is 1.09. The van der Waals surface area contributed by atoms with Crippen molar-refractivity contribution < 1.29 is 19.4 Å². The van der Waals surface area contributed by atoms with Crippen LogP contribution in [0.4, 0.5) is 4.39 Å². The van der Waals surface area contributed by atoms with Gasteiger partial charge in [-0.1, -0.05) is 12.1 Å². The molecule has 1 spiro atoms. The molecule has 1 heterocycles. The van der Waals surface area contributed by atoms with Crippen molar-refractivity contribution in [1.29, 1.82) is 0 Å². The SMILES string of the molecule is O=C(Cc1cccc(F)c1)N1CCC2(CC1)[C@H](O)C[C@@H]2O. The first-order valence-electron chi connectivity index (χ1n) is 7.39. The Hall–Kier alpha value is -1.46. The predicted octanol–water partition coefficient (Wildman–Crippen LogP) is 1.10. The summed E-state index contributed by atoms with van der Waals surface area (Å²) in [5, 5.41) is 19.8. The second-order valence-corrected chi connectivity index (χ2v) is 6.19. The van der Waals surface area contributed by atoms with Crippen LogP contribution in [0.3, 0.4) is 0 Å². The summed E-state index contributed by atoms with van der Waals surface area (Å²) >= 11 is 0. The predicted molar refractivity (Wildman–Crippen MR) is 75.0 cm³/mol. The van der Waals surface area contributed by atoms with Crippen LogP contribution in [0.5, 0.6) is 0 Å². The summed E-state index contributed by atoms with van der Waals surface area (Å²) in [5.74, 6) is -0.364. The van der Waals surface area contributed by atoms with E-state index in [0.29, 0.717) is 37.9 Å². The van der Waals surface area contributed by atoms with Gasteiger partial charge in [0.05, 0.1) is 18.6 Å². The molecule has 2 aliphatic rings. The fourth-order valence-electron chi connectivity index (χ4n) is 3.51. The standard InChI is InChI=1S/C16H20FNO3/c17-12-3-1-2-11(8-12)9-15(21)18-6-4-16(5-7-18)13(19)10-14(16)20/h1-3,8,13-14,19-20H,4-7,9-10H2/t13-,14+.